The zero-order valence-electron chi connectivity index (χ0n) is 12.8. The van der Waals surface area contributed by atoms with Crippen molar-refractivity contribution in [3.63, 3.8) is 0 Å². The molecule has 2 aromatic carbocycles. The van der Waals surface area contributed by atoms with E-state index in [4.69, 9.17) is 27.9 Å². The third kappa shape index (κ3) is 4.85. The molecule has 0 bridgehead atoms. The number of halogens is 2. The summed E-state index contributed by atoms with van der Waals surface area (Å²) in [6.45, 7) is 4.28. The van der Waals surface area contributed by atoms with E-state index >= 15 is 0 Å². The lowest BCUT2D eigenvalue weighted by Crippen LogP contribution is -2.28. The lowest BCUT2D eigenvalue weighted by Gasteiger charge is -2.11. The quantitative estimate of drug-likeness (QED) is 0.779. The molecule has 0 saturated carbocycles. The maximum absolute atomic E-state index is 12.2. The van der Waals surface area contributed by atoms with Crippen LogP contribution in [0.2, 0.25) is 10.0 Å². The molecule has 124 valence electrons. The molecule has 0 unspecified atom stereocenters. The van der Waals surface area contributed by atoms with Crippen LogP contribution < -0.4 is 9.46 Å². The highest BCUT2D eigenvalue weighted by Gasteiger charge is 2.17. The fraction of sp³-hybridized carbons (Fsp3) is 0.250. The molecule has 0 atom stereocenters. The van der Waals surface area contributed by atoms with E-state index in [0.717, 1.165) is 16.9 Å². The topological polar surface area (TPSA) is 55.4 Å². The molecule has 2 rings (SSSR count). The van der Waals surface area contributed by atoms with Crippen LogP contribution in [0.25, 0.3) is 0 Å². The van der Waals surface area contributed by atoms with Crippen molar-refractivity contribution in [2.24, 2.45) is 0 Å². The Morgan fingerprint density at radius 1 is 1.09 bits per heavy atom. The molecule has 0 aliphatic rings. The molecule has 0 spiro atoms. The minimum atomic E-state index is -3.73. The number of sulfonamides is 1. The average Bonchev–Trinajstić information content (AvgIpc) is 2.48. The first kappa shape index (κ1) is 18.1. The van der Waals surface area contributed by atoms with Crippen molar-refractivity contribution in [1.29, 1.82) is 0 Å². The maximum Gasteiger partial charge on any atom is 0.242 e. The largest absolute Gasteiger partial charge is 0.492 e. The number of rotatable bonds is 6. The van der Waals surface area contributed by atoms with Gasteiger partial charge in [0, 0.05) is 11.6 Å². The first-order valence-corrected chi connectivity index (χ1v) is 9.18. The number of hydrogen-bond donors (Lipinski definition) is 1. The minimum absolute atomic E-state index is 0.0433. The normalized spacial score (nSPS) is 11.5. The van der Waals surface area contributed by atoms with Crippen molar-refractivity contribution in [1.82, 2.24) is 4.72 Å². The molecule has 7 heteroatoms. The van der Waals surface area contributed by atoms with Crippen LogP contribution in [0.3, 0.4) is 0 Å². The van der Waals surface area contributed by atoms with E-state index in [0.29, 0.717) is 5.02 Å². The predicted octanol–water partition coefficient (Wildman–Crippen LogP) is 3.97. The van der Waals surface area contributed by atoms with Gasteiger partial charge in [-0.25, -0.2) is 13.1 Å². The van der Waals surface area contributed by atoms with Crippen LogP contribution in [0.4, 0.5) is 0 Å². The van der Waals surface area contributed by atoms with E-state index < -0.39 is 10.0 Å². The highest BCUT2D eigenvalue weighted by molar-refractivity contribution is 7.89. The summed E-state index contributed by atoms with van der Waals surface area (Å²) in [5.74, 6) is 0.732. The number of nitrogens with one attached hydrogen (secondary N) is 1. The van der Waals surface area contributed by atoms with Crippen molar-refractivity contribution in [3.8, 4) is 5.75 Å². The van der Waals surface area contributed by atoms with Crippen molar-refractivity contribution < 1.29 is 13.2 Å². The Labute approximate surface area is 146 Å². The molecule has 23 heavy (non-hydrogen) atoms. The Hall–Kier alpha value is -1.27. The van der Waals surface area contributed by atoms with Gasteiger partial charge in [-0.3, -0.25) is 0 Å². The van der Waals surface area contributed by atoms with Gasteiger partial charge in [-0.15, -0.1) is 0 Å². The van der Waals surface area contributed by atoms with E-state index in [2.05, 4.69) is 4.72 Å². The van der Waals surface area contributed by atoms with Crippen LogP contribution in [0, 0.1) is 13.8 Å². The Balaban J connectivity index is 1.96. The van der Waals surface area contributed by atoms with E-state index in [-0.39, 0.29) is 23.1 Å². The first-order chi connectivity index (χ1) is 10.8. The zero-order chi connectivity index (χ0) is 17.0. The second kappa shape index (κ2) is 7.53. The van der Waals surface area contributed by atoms with Gasteiger partial charge in [0.1, 0.15) is 17.3 Å². The van der Waals surface area contributed by atoms with Gasteiger partial charge in [0.25, 0.3) is 0 Å². The Bertz CT molecular complexity index is 807. The molecule has 0 radical (unpaired) electrons. The Kier molecular flexibility index (Phi) is 5.92. The van der Waals surface area contributed by atoms with Crippen LogP contribution >= 0.6 is 23.2 Å². The van der Waals surface area contributed by atoms with Gasteiger partial charge in [-0.05, 0) is 43.7 Å². The summed E-state index contributed by atoms with van der Waals surface area (Å²) in [6.07, 6.45) is 0. The lowest BCUT2D eigenvalue weighted by molar-refractivity contribution is 0.320. The van der Waals surface area contributed by atoms with Crippen molar-refractivity contribution in [2.45, 2.75) is 18.7 Å². The van der Waals surface area contributed by atoms with E-state index in [1.807, 2.05) is 32.0 Å². The molecule has 0 aliphatic heterocycles. The molecular formula is C16H17Cl2NO3S. The fourth-order valence-electron chi connectivity index (χ4n) is 2.06. The monoisotopic (exact) mass is 373 g/mol. The summed E-state index contributed by atoms with van der Waals surface area (Å²) < 4.78 is 32.5. The van der Waals surface area contributed by atoms with Crippen LogP contribution in [-0.2, 0) is 10.0 Å². The number of hydrogen-bond acceptors (Lipinski definition) is 3. The molecule has 0 amide bonds. The molecule has 2 aromatic rings. The van der Waals surface area contributed by atoms with Crippen LogP contribution in [0.15, 0.2) is 41.3 Å². The van der Waals surface area contributed by atoms with Gasteiger partial charge in [0.05, 0.1) is 5.02 Å². The maximum atomic E-state index is 12.2. The Morgan fingerprint density at radius 2 is 1.83 bits per heavy atom. The summed E-state index contributed by atoms with van der Waals surface area (Å²) >= 11 is 11.7. The summed E-state index contributed by atoms with van der Waals surface area (Å²) in [4.78, 5) is -0.0433. The summed E-state index contributed by atoms with van der Waals surface area (Å²) in [5.41, 5.74) is 2.15. The van der Waals surface area contributed by atoms with Crippen LogP contribution in [0.5, 0.6) is 5.75 Å². The molecule has 0 heterocycles. The minimum Gasteiger partial charge on any atom is -0.492 e. The van der Waals surface area contributed by atoms with Gasteiger partial charge >= 0.3 is 0 Å². The van der Waals surface area contributed by atoms with Crippen molar-refractivity contribution in [3.05, 3.63) is 57.6 Å². The van der Waals surface area contributed by atoms with E-state index in [1.54, 1.807) is 0 Å². The second-order valence-corrected chi connectivity index (χ2v) is 7.67. The predicted molar refractivity (Wildman–Crippen MR) is 93.1 cm³/mol. The fourth-order valence-corrected chi connectivity index (χ4v) is 3.83. The first-order valence-electron chi connectivity index (χ1n) is 6.94. The summed E-state index contributed by atoms with van der Waals surface area (Å²) in [7, 11) is -3.73. The third-order valence-electron chi connectivity index (χ3n) is 3.16. The second-order valence-electron chi connectivity index (χ2n) is 5.09. The van der Waals surface area contributed by atoms with Gasteiger partial charge < -0.3 is 4.74 Å². The van der Waals surface area contributed by atoms with Gasteiger partial charge in [-0.1, -0.05) is 40.9 Å². The van der Waals surface area contributed by atoms with Gasteiger partial charge in [-0.2, -0.15) is 0 Å². The standard InChI is InChI=1S/C16H17Cl2NO3S/c1-11-3-6-15(12(2)9-11)22-8-7-19-23(20,21)16-10-13(17)4-5-14(16)18/h3-6,9-10,19H,7-8H2,1-2H3. The molecule has 4 nitrogen and oxygen atoms in total. The molecule has 0 aliphatic carbocycles. The summed E-state index contributed by atoms with van der Waals surface area (Å²) in [6, 6.07) is 10.1. The highest BCUT2D eigenvalue weighted by atomic mass is 35.5. The average molecular weight is 374 g/mol. The number of ether oxygens (including phenoxy) is 1. The van der Waals surface area contributed by atoms with E-state index in [1.165, 1.54) is 18.2 Å². The van der Waals surface area contributed by atoms with Gasteiger partial charge in [0.15, 0.2) is 0 Å². The molecule has 0 saturated heterocycles. The van der Waals surface area contributed by atoms with Crippen molar-refractivity contribution >= 4 is 33.2 Å². The zero-order valence-corrected chi connectivity index (χ0v) is 15.1. The Morgan fingerprint density at radius 3 is 2.52 bits per heavy atom. The molecule has 0 fully saturated rings. The lowest BCUT2D eigenvalue weighted by atomic mass is 10.1. The molecule has 0 aromatic heterocycles. The van der Waals surface area contributed by atoms with E-state index in [9.17, 15) is 8.42 Å². The number of benzene rings is 2. The highest BCUT2D eigenvalue weighted by Crippen LogP contribution is 2.24. The van der Waals surface area contributed by atoms with Crippen molar-refractivity contribution in [2.75, 3.05) is 13.2 Å². The smallest absolute Gasteiger partial charge is 0.242 e. The van der Waals surface area contributed by atoms with Crippen LogP contribution in [0.1, 0.15) is 11.1 Å². The summed E-state index contributed by atoms with van der Waals surface area (Å²) in [5, 5.41) is 0.429. The molecular weight excluding hydrogens is 357 g/mol. The third-order valence-corrected chi connectivity index (χ3v) is 5.34. The number of aryl methyl sites for hydroxylation is 2. The van der Waals surface area contributed by atoms with Gasteiger partial charge in [0.2, 0.25) is 10.0 Å². The SMILES string of the molecule is Cc1ccc(OCCNS(=O)(=O)c2cc(Cl)ccc2Cl)c(C)c1. The molecule has 1 N–H and O–H groups in total. The van der Waals surface area contributed by atoms with Crippen LogP contribution in [-0.4, -0.2) is 21.6 Å².